The van der Waals surface area contributed by atoms with Crippen molar-refractivity contribution in [3.05, 3.63) is 24.3 Å². The molecule has 0 radical (unpaired) electrons. The van der Waals surface area contributed by atoms with Crippen LogP contribution in [0.3, 0.4) is 0 Å². The summed E-state index contributed by atoms with van der Waals surface area (Å²) in [5, 5.41) is 3.32. The van der Waals surface area contributed by atoms with Crippen molar-refractivity contribution in [1.29, 1.82) is 0 Å². The maximum Gasteiger partial charge on any atom is 0.294 e. The smallest absolute Gasteiger partial charge is 0.294 e. The van der Waals surface area contributed by atoms with E-state index in [-0.39, 0.29) is 6.10 Å². The maximum absolute atomic E-state index is 5.81. The standard InChI is InChI=1S/C12H15N3O/c1-2-6-11-10(5-1)14-12(15-11)16-9-4-3-7-13-8-9/h1-2,5-6,9,13H,3-4,7-8H2,(H,14,15)/t9-/m0/s1. The molecule has 0 bridgehead atoms. The summed E-state index contributed by atoms with van der Waals surface area (Å²) in [6.45, 7) is 2.01. The molecule has 2 N–H and O–H groups in total. The van der Waals surface area contributed by atoms with Crippen molar-refractivity contribution >= 4 is 11.0 Å². The number of para-hydroxylation sites is 2. The Hall–Kier alpha value is -1.55. The monoisotopic (exact) mass is 217 g/mol. The number of piperidine rings is 1. The van der Waals surface area contributed by atoms with E-state index in [2.05, 4.69) is 15.3 Å². The molecule has 1 aliphatic rings. The number of aromatic nitrogens is 2. The van der Waals surface area contributed by atoms with E-state index >= 15 is 0 Å². The van der Waals surface area contributed by atoms with Crippen molar-refractivity contribution in [2.45, 2.75) is 18.9 Å². The molecule has 2 heterocycles. The van der Waals surface area contributed by atoms with E-state index in [4.69, 9.17) is 4.74 Å². The lowest BCUT2D eigenvalue weighted by Gasteiger charge is -2.22. The van der Waals surface area contributed by atoms with Crippen molar-refractivity contribution in [3.8, 4) is 6.01 Å². The molecule has 4 nitrogen and oxygen atoms in total. The number of imidazole rings is 1. The zero-order chi connectivity index (χ0) is 10.8. The van der Waals surface area contributed by atoms with Gasteiger partial charge in [-0.25, -0.2) is 0 Å². The van der Waals surface area contributed by atoms with Gasteiger partial charge in [-0.3, -0.25) is 0 Å². The van der Waals surface area contributed by atoms with Crippen LogP contribution < -0.4 is 10.1 Å². The van der Waals surface area contributed by atoms with E-state index in [9.17, 15) is 0 Å². The molecule has 4 heteroatoms. The van der Waals surface area contributed by atoms with Gasteiger partial charge in [0.05, 0.1) is 11.0 Å². The summed E-state index contributed by atoms with van der Waals surface area (Å²) in [4.78, 5) is 7.58. The first-order chi connectivity index (χ1) is 7.92. The van der Waals surface area contributed by atoms with Crippen LogP contribution in [0.5, 0.6) is 6.01 Å². The molecule has 0 saturated carbocycles. The topological polar surface area (TPSA) is 49.9 Å². The van der Waals surface area contributed by atoms with Gasteiger partial charge >= 0.3 is 0 Å². The lowest BCUT2D eigenvalue weighted by molar-refractivity contribution is 0.155. The number of hydrogen-bond acceptors (Lipinski definition) is 3. The fourth-order valence-electron chi connectivity index (χ4n) is 2.06. The minimum Gasteiger partial charge on any atom is -0.460 e. The third kappa shape index (κ3) is 1.88. The molecule has 1 saturated heterocycles. The summed E-state index contributed by atoms with van der Waals surface area (Å²) in [5.41, 5.74) is 1.99. The van der Waals surface area contributed by atoms with Gasteiger partial charge in [-0.2, -0.15) is 4.98 Å². The second kappa shape index (κ2) is 4.14. The summed E-state index contributed by atoms with van der Waals surface area (Å²) in [7, 11) is 0. The fraction of sp³-hybridized carbons (Fsp3) is 0.417. The van der Waals surface area contributed by atoms with E-state index in [0.29, 0.717) is 6.01 Å². The Labute approximate surface area is 94.0 Å². The number of rotatable bonds is 2. The molecular formula is C12H15N3O. The third-order valence-corrected chi connectivity index (χ3v) is 2.90. The predicted molar refractivity (Wildman–Crippen MR) is 62.6 cm³/mol. The van der Waals surface area contributed by atoms with Gasteiger partial charge in [0.25, 0.3) is 6.01 Å². The van der Waals surface area contributed by atoms with Crippen LogP contribution in [0.1, 0.15) is 12.8 Å². The number of benzene rings is 1. The van der Waals surface area contributed by atoms with Crippen molar-refractivity contribution < 1.29 is 4.74 Å². The van der Waals surface area contributed by atoms with E-state index in [1.54, 1.807) is 0 Å². The van der Waals surface area contributed by atoms with Gasteiger partial charge in [0.15, 0.2) is 0 Å². The van der Waals surface area contributed by atoms with Gasteiger partial charge in [0.1, 0.15) is 6.10 Å². The Morgan fingerprint density at radius 3 is 3.06 bits per heavy atom. The van der Waals surface area contributed by atoms with Crippen molar-refractivity contribution in [2.75, 3.05) is 13.1 Å². The first-order valence-corrected chi connectivity index (χ1v) is 5.74. The van der Waals surface area contributed by atoms with E-state index in [1.807, 2.05) is 24.3 Å². The Morgan fingerprint density at radius 1 is 1.31 bits per heavy atom. The molecule has 1 aromatic heterocycles. The van der Waals surface area contributed by atoms with Crippen molar-refractivity contribution in [1.82, 2.24) is 15.3 Å². The van der Waals surface area contributed by atoms with E-state index in [0.717, 1.165) is 30.5 Å². The van der Waals surface area contributed by atoms with Gasteiger partial charge in [0.2, 0.25) is 0 Å². The first-order valence-electron chi connectivity index (χ1n) is 5.74. The summed E-state index contributed by atoms with van der Waals surface area (Å²) in [6, 6.07) is 8.60. The highest BCUT2D eigenvalue weighted by atomic mass is 16.5. The summed E-state index contributed by atoms with van der Waals surface area (Å²) in [6.07, 6.45) is 2.52. The molecule has 2 aromatic rings. The first kappa shape index (κ1) is 9.66. The van der Waals surface area contributed by atoms with Gasteiger partial charge in [-0.15, -0.1) is 0 Å². The normalized spacial score (nSPS) is 21.1. The highest BCUT2D eigenvalue weighted by molar-refractivity contribution is 5.75. The van der Waals surface area contributed by atoms with Crippen molar-refractivity contribution in [3.63, 3.8) is 0 Å². The highest BCUT2D eigenvalue weighted by Crippen LogP contribution is 2.17. The van der Waals surface area contributed by atoms with Gasteiger partial charge in [0, 0.05) is 6.54 Å². The highest BCUT2D eigenvalue weighted by Gasteiger charge is 2.15. The number of hydrogen-bond donors (Lipinski definition) is 2. The third-order valence-electron chi connectivity index (χ3n) is 2.90. The average Bonchev–Trinajstić information content (AvgIpc) is 2.72. The second-order valence-electron chi connectivity index (χ2n) is 4.15. The molecule has 0 unspecified atom stereocenters. The molecule has 16 heavy (non-hydrogen) atoms. The Balaban J connectivity index is 1.78. The van der Waals surface area contributed by atoms with Crippen LogP contribution in [0.2, 0.25) is 0 Å². The lowest BCUT2D eigenvalue weighted by Crippen LogP contribution is -2.37. The maximum atomic E-state index is 5.81. The SMILES string of the molecule is c1ccc2[nH]c(O[C@H]3CCCNC3)nc2c1. The number of ether oxygens (including phenoxy) is 1. The quantitative estimate of drug-likeness (QED) is 0.805. The molecule has 0 spiro atoms. The number of H-pyrrole nitrogens is 1. The number of aromatic amines is 1. The molecule has 0 aliphatic carbocycles. The molecular weight excluding hydrogens is 202 g/mol. The molecule has 1 aliphatic heterocycles. The Bertz CT molecular complexity index is 441. The summed E-state index contributed by atoms with van der Waals surface area (Å²) >= 11 is 0. The van der Waals surface area contributed by atoms with Crippen LogP contribution in [-0.4, -0.2) is 29.2 Å². The fourth-order valence-corrected chi connectivity index (χ4v) is 2.06. The van der Waals surface area contributed by atoms with Crippen LogP contribution in [-0.2, 0) is 0 Å². The summed E-state index contributed by atoms with van der Waals surface area (Å²) in [5.74, 6) is 0. The van der Waals surface area contributed by atoms with Crippen LogP contribution in [0, 0.1) is 0 Å². The minimum atomic E-state index is 0.245. The number of nitrogens with zero attached hydrogens (tertiary/aromatic N) is 1. The Kier molecular flexibility index (Phi) is 2.50. The van der Waals surface area contributed by atoms with Crippen LogP contribution in [0.15, 0.2) is 24.3 Å². The molecule has 1 fully saturated rings. The Morgan fingerprint density at radius 2 is 2.25 bits per heavy atom. The van der Waals surface area contributed by atoms with Crippen LogP contribution in [0.25, 0.3) is 11.0 Å². The number of nitrogens with one attached hydrogen (secondary N) is 2. The number of fused-ring (bicyclic) bond motifs is 1. The lowest BCUT2D eigenvalue weighted by atomic mass is 10.1. The predicted octanol–water partition coefficient (Wildman–Crippen LogP) is 1.69. The molecule has 1 atom stereocenters. The molecule has 3 rings (SSSR count). The molecule has 84 valence electrons. The zero-order valence-electron chi connectivity index (χ0n) is 9.07. The summed E-state index contributed by atoms with van der Waals surface area (Å²) < 4.78 is 5.81. The van der Waals surface area contributed by atoms with Crippen LogP contribution >= 0.6 is 0 Å². The van der Waals surface area contributed by atoms with E-state index in [1.165, 1.54) is 6.42 Å². The second-order valence-corrected chi connectivity index (χ2v) is 4.15. The molecule has 0 amide bonds. The zero-order valence-corrected chi connectivity index (χ0v) is 9.07. The largest absolute Gasteiger partial charge is 0.460 e. The van der Waals surface area contributed by atoms with E-state index < -0.39 is 0 Å². The van der Waals surface area contributed by atoms with Gasteiger partial charge in [-0.1, -0.05) is 12.1 Å². The van der Waals surface area contributed by atoms with Crippen LogP contribution in [0.4, 0.5) is 0 Å². The van der Waals surface area contributed by atoms with Gasteiger partial charge in [-0.05, 0) is 31.5 Å². The minimum absolute atomic E-state index is 0.245. The van der Waals surface area contributed by atoms with Gasteiger partial charge < -0.3 is 15.0 Å². The average molecular weight is 217 g/mol. The molecule has 1 aromatic carbocycles. The van der Waals surface area contributed by atoms with Crippen molar-refractivity contribution in [2.24, 2.45) is 0 Å².